The highest BCUT2D eigenvalue weighted by atomic mass is 31.2. The highest BCUT2D eigenvalue weighted by molar-refractivity contribution is 7.76. The van der Waals surface area contributed by atoms with Gasteiger partial charge in [0.05, 0.1) is 0 Å². The fraction of sp³-hybridized carbons (Fsp3) is 0.278. The van der Waals surface area contributed by atoms with Crippen LogP contribution in [0, 0.1) is 20.8 Å². The van der Waals surface area contributed by atoms with E-state index >= 15 is 0 Å². The van der Waals surface area contributed by atoms with Gasteiger partial charge in [-0.05, 0) is 43.9 Å². The number of benzene rings is 2. The van der Waals surface area contributed by atoms with Gasteiger partial charge < -0.3 is 4.89 Å². The van der Waals surface area contributed by atoms with Crippen molar-refractivity contribution in [3.8, 4) is 0 Å². The highest BCUT2D eigenvalue weighted by Gasteiger charge is 2.31. The van der Waals surface area contributed by atoms with Crippen LogP contribution < -0.4 is 0 Å². The van der Waals surface area contributed by atoms with E-state index in [0.29, 0.717) is 12.0 Å². The number of hydrogen-bond acceptors (Lipinski definition) is 2. The molecule has 2 rings (SSSR count). The summed E-state index contributed by atoms with van der Waals surface area (Å²) >= 11 is 0. The Balaban J connectivity index is 2.22. The normalized spacial score (nSPS) is 13.6. The molecule has 0 fully saturated rings. The van der Waals surface area contributed by atoms with E-state index in [2.05, 4.69) is 0 Å². The molecular weight excluding hydrogens is 295 g/mol. The van der Waals surface area contributed by atoms with E-state index in [9.17, 15) is 14.3 Å². The van der Waals surface area contributed by atoms with Gasteiger partial charge >= 0.3 is 0 Å². The lowest BCUT2D eigenvalue weighted by molar-refractivity contribution is 0.106. The average molecular weight is 316 g/mol. The lowest BCUT2D eigenvalue weighted by Crippen LogP contribution is -2.09. The lowest BCUT2D eigenvalue weighted by Gasteiger charge is -2.15. The molecule has 0 aliphatic heterocycles. The monoisotopic (exact) mass is 316 g/mol. The summed E-state index contributed by atoms with van der Waals surface area (Å²) in [5.74, 6) is 0. The summed E-state index contributed by atoms with van der Waals surface area (Å²) in [6, 6.07) is 13.2. The van der Waals surface area contributed by atoms with E-state index in [1.807, 2.05) is 63.2 Å². The van der Waals surface area contributed by atoms with E-state index in [1.165, 1.54) is 0 Å². The minimum Gasteiger partial charge on any atom is -0.339 e. The van der Waals surface area contributed by atoms with Crippen molar-refractivity contribution in [3.05, 3.63) is 70.3 Å². The molecule has 0 radical (unpaired) electrons. The Labute approximate surface area is 131 Å². The fourth-order valence-electron chi connectivity index (χ4n) is 2.72. The molecule has 0 amide bonds. The molecule has 3 nitrogen and oxygen atoms in total. The van der Waals surface area contributed by atoms with Gasteiger partial charge in [-0.1, -0.05) is 48.0 Å². The Morgan fingerprint density at radius 3 is 2.14 bits per heavy atom. The van der Waals surface area contributed by atoms with Crippen molar-refractivity contribution in [2.75, 3.05) is 6.16 Å². The summed E-state index contributed by atoms with van der Waals surface area (Å²) < 4.78 is 12.5. The zero-order valence-corrected chi connectivity index (χ0v) is 14.1. The number of rotatable bonds is 5. The van der Waals surface area contributed by atoms with Gasteiger partial charge in [-0.25, -0.2) is 0 Å². The zero-order valence-electron chi connectivity index (χ0n) is 13.2. The third-order valence-electron chi connectivity index (χ3n) is 3.75. The van der Waals surface area contributed by atoms with Crippen LogP contribution >= 0.6 is 7.37 Å². The van der Waals surface area contributed by atoms with Gasteiger partial charge in [-0.2, -0.15) is 0 Å². The summed E-state index contributed by atoms with van der Waals surface area (Å²) in [5.41, 5.74) is 3.29. The summed E-state index contributed by atoms with van der Waals surface area (Å²) in [4.78, 5) is 22.7. The van der Waals surface area contributed by atoms with Gasteiger partial charge in [0.25, 0.3) is 7.37 Å². The van der Waals surface area contributed by atoms with Crippen LogP contribution in [0.15, 0.2) is 42.5 Å². The Hall–Kier alpha value is -1.70. The largest absolute Gasteiger partial charge is 0.339 e. The minimum absolute atomic E-state index is 0.0252. The van der Waals surface area contributed by atoms with Gasteiger partial charge in [-0.15, -0.1) is 0 Å². The molecule has 0 heterocycles. The summed E-state index contributed by atoms with van der Waals surface area (Å²) in [6.45, 7) is 5.57. The van der Waals surface area contributed by atoms with Gasteiger partial charge in [0, 0.05) is 11.7 Å². The summed E-state index contributed by atoms with van der Waals surface area (Å²) in [7, 11) is -3.88. The molecule has 0 aromatic heterocycles. The molecule has 0 aliphatic carbocycles. The van der Waals surface area contributed by atoms with Crippen molar-refractivity contribution in [2.45, 2.75) is 27.2 Å². The maximum Gasteiger partial charge on any atom is 0.269 e. The lowest BCUT2D eigenvalue weighted by atomic mass is 10.0. The molecule has 22 heavy (non-hydrogen) atoms. The first-order valence-electron chi connectivity index (χ1n) is 7.30. The average Bonchev–Trinajstić information content (AvgIpc) is 2.45. The number of carbonyl (C=O) groups excluding carboxylic acids is 1. The van der Waals surface area contributed by atoms with Crippen LogP contribution in [-0.4, -0.2) is 16.6 Å². The maximum absolute atomic E-state index is 12.5. The van der Waals surface area contributed by atoms with E-state index in [0.717, 1.165) is 22.3 Å². The van der Waals surface area contributed by atoms with Crippen molar-refractivity contribution in [1.29, 1.82) is 0 Å². The molecule has 4 heteroatoms. The first-order chi connectivity index (χ1) is 10.3. The van der Waals surface area contributed by atoms with E-state index in [-0.39, 0.29) is 6.16 Å². The van der Waals surface area contributed by atoms with Crippen molar-refractivity contribution in [2.24, 2.45) is 0 Å². The first-order valence-corrected chi connectivity index (χ1v) is 9.14. The first kappa shape index (κ1) is 16.7. The zero-order chi connectivity index (χ0) is 16.3. The van der Waals surface area contributed by atoms with Crippen LogP contribution in [0.1, 0.15) is 32.6 Å². The standard InChI is InChI=1S/C18H21O3P/c1-13-11-14(2)17(15(3)12-13)18(19)22(20,21)10-9-16-7-5-4-6-8-16/h4-8,11-12H,9-10H2,1-3H3,(H,20,21). The van der Waals surface area contributed by atoms with E-state index < -0.39 is 12.9 Å². The molecule has 1 N–H and O–H groups in total. The molecular formula is C18H21O3P. The highest BCUT2D eigenvalue weighted by Crippen LogP contribution is 2.46. The van der Waals surface area contributed by atoms with Crippen molar-refractivity contribution in [1.82, 2.24) is 0 Å². The topological polar surface area (TPSA) is 54.4 Å². The fourth-order valence-corrected chi connectivity index (χ4v) is 4.19. The second-order valence-corrected chi connectivity index (χ2v) is 8.00. The Morgan fingerprint density at radius 2 is 1.59 bits per heavy atom. The molecule has 0 aliphatic rings. The summed E-state index contributed by atoms with van der Waals surface area (Å²) in [6.07, 6.45) is 0.396. The van der Waals surface area contributed by atoms with Crippen LogP contribution in [0.4, 0.5) is 0 Å². The van der Waals surface area contributed by atoms with Crippen LogP contribution in [0.25, 0.3) is 0 Å². The van der Waals surface area contributed by atoms with Crippen LogP contribution in [0.3, 0.4) is 0 Å². The third kappa shape index (κ3) is 3.73. The molecule has 0 spiro atoms. The Kier molecular flexibility index (Phi) is 5.00. The number of carbonyl (C=O) groups is 1. The molecule has 0 bridgehead atoms. The molecule has 1 atom stereocenters. The second kappa shape index (κ2) is 6.60. The molecule has 2 aromatic rings. The quantitative estimate of drug-likeness (QED) is 0.838. The molecule has 0 saturated carbocycles. The minimum atomic E-state index is -3.88. The van der Waals surface area contributed by atoms with Gasteiger partial charge in [-0.3, -0.25) is 9.36 Å². The molecule has 0 saturated heterocycles. The third-order valence-corrected chi connectivity index (χ3v) is 5.44. The van der Waals surface area contributed by atoms with E-state index in [4.69, 9.17) is 0 Å². The van der Waals surface area contributed by atoms with Crippen molar-refractivity contribution in [3.63, 3.8) is 0 Å². The summed E-state index contributed by atoms with van der Waals surface area (Å²) in [5, 5.41) is 0. The van der Waals surface area contributed by atoms with E-state index in [1.54, 1.807) is 0 Å². The molecule has 1 unspecified atom stereocenters. The maximum atomic E-state index is 12.5. The number of aryl methyl sites for hydroxylation is 4. The van der Waals surface area contributed by atoms with Gasteiger partial charge in [0.1, 0.15) is 0 Å². The van der Waals surface area contributed by atoms with Crippen LogP contribution in [0.2, 0.25) is 0 Å². The van der Waals surface area contributed by atoms with Crippen LogP contribution in [-0.2, 0) is 11.0 Å². The van der Waals surface area contributed by atoms with Crippen molar-refractivity contribution < 1.29 is 14.3 Å². The Morgan fingerprint density at radius 1 is 1.05 bits per heavy atom. The second-order valence-electron chi connectivity index (χ2n) is 5.74. The number of hydrogen-bond donors (Lipinski definition) is 1. The molecule has 116 valence electrons. The van der Waals surface area contributed by atoms with Gasteiger partial charge in [0.2, 0.25) is 5.52 Å². The Bertz CT molecular complexity index is 712. The van der Waals surface area contributed by atoms with Crippen molar-refractivity contribution >= 4 is 12.9 Å². The predicted octanol–water partition coefficient (Wildman–Crippen LogP) is 4.27. The SMILES string of the molecule is Cc1cc(C)c(C(=O)P(=O)(O)CCc2ccccc2)c(C)c1. The smallest absolute Gasteiger partial charge is 0.269 e. The predicted molar refractivity (Wildman–Crippen MR) is 89.8 cm³/mol. The van der Waals surface area contributed by atoms with Crippen LogP contribution in [0.5, 0.6) is 0 Å². The van der Waals surface area contributed by atoms with Gasteiger partial charge in [0.15, 0.2) is 0 Å². The molecule has 2 aromatic carbocycles.